The molecule has 0 aliphatic heterocycles. The predicted molar refractivity (Wildman–Crippen MR) is 64.3 cm³/mol. The Hall–Kier alpha value is -0.680. The fourth-order valence-electron chi connectivity index (χ4n) is 1.07. The van der Waals surface area contributed by atoms with Gasteiger partial charge >= 0.3 is 0 Å². The third kappa shape index (κ3) is 4.13. The van der Waals surface area contributed by atoms with Crippen LogP contribution in [0.1, 0.15) is 29.4 Å². The lowest BCUT2D eigenvalue weighted by molar-refractivity contribution is -0.118. The van der Waals surface area contributed by atoms with Gasteiger partial charge in [-0.1, -0.05) is 6.92 Å². The second kappa shape index (κ2) is 6.02. The molecular formula is C10H12BrNO2S. The van der Waals surface area contributed by atoms with E-state index in [2.05, 4.69) is 21.2 Å². The van der Waals surface area contributed by atoms with E-state index >= 15 is 0 Å². The smallest absolute Gasteiger partial charge is 0.261 e. The van der Waals surface area contributed by atoms with Crippen LogP contribution in [0.2, 0.25) is 0 Å². The Morgan fingerprint density at radius 2 is 2.20 bits per heavy atom. The Morgan fingerprint density at radius 1 is 1.47 bits per heavy atom. The zero-order chi connectivity index (χ0) is 11.3. The minimum absolute atomic E-state index is 0.0708. The van der Waals surface area contributed by atoms with Crippen LogP contribution in [0.3, 0.4) is 0 Å². The van der Waals surface area contributed by atoms with Crippen LogP contribution >= 0.6 is 27.3 Å². The standard InChI is InChI=1S/C10H12BrNO2S/c1-2-3-7(13)6-12-10(14)8-4-5-9(11)15-8/h4-5H,2-3,6H2,1H3,(H,12,14). The van der Waals surface area contributed by atoms with E-state index in [1.807, 2.05) is 13.0 Å². The highest BCUT2D eigenvalue weighted by Gasteiger charge is 2.09. The van der Waals surface area contributed by atoms with E-state index in [4.69, 9.17) is 0 Å². The van der Waals surface area contributed by atoms with Crippen molar-refractivity contribution in [2.24, 2.45) is 0 Å². The average molecular weight is 290 g/mol. The van der Waals surface area contributed by atoms with E-state index in [9.17, 15) is 9.59 Å². The molecule has 0 saturated heterocycles. The molecule has 0 radical (unpaired) electrons. The van der Waals surface area contributed by atoms with Gasteiger partial charge in [-0.05, 0) is 34.5 Å². The molecule has 0 aromatic carbocycles. The summed E-state index contributed by atoms with van der Waals surface area (Å²) in [6.07, 6.45) is 1.34. The number of nitrogens with one attached hydrogen (secondary N) is 1. The van der Waals surface area contributed by atoms with Gasteiger partial charge in [0.2, 0.25) is 0 Å². The molecule has 0 unspecified atom stereocenters. The average Bonchev–Trinajstić information content (AvgIpc) is 2.62. The number of Topliss-reactive ketones (excluding diaryl/α,β-unsaturated/α-hetero) is 1. The number of carbonyl (C=O) groups excluding carboxylic acids is 2. The fraction of sp³-hybridized carbons (Fsp3) is 0.400. The highest BCUT2D eigenvalue weighted by atomic mass is 79.9. The van der Waals surface area contributed by atoms with E-state index < -0.39 is 0 Å². The number of hydrogen-bond acceptors (Lipinski definition) is 3. The minimum atomic E-state index is -0.185. The molecule has 1 N–H and O–H groups in total. The van der Waals surface area contributed by atoms with Crippen LogP contribution in [-0.2, 0) is 4.79 Å². The molecule has 1 rings (SSSR count). The molecule has 0 atom stereocenters. The summed E-state index contributed by atoms with van der Waals surface area (Å²) in [5, 5.41) is 2.60. The Labute approximate surface area is 101 Å². The molecule has 3 nitrogen and oxygen atoms in total. The first-order chi connectivity index (χ1) is 7.13. The molecule has 82 valence electrons. The van der Waals surface area contributed by atoms with E-state index in [-0.39, 0.29) is 18.2 Å². The van der Waals surface area contributed by atoms with E-state index in [0.717, 1.165) is 10.2 Å². The molecule has 1 heterocycles. The molecule has 1 aromatic rings. The molecule has 1 aromatic heterocycles. The van der Waals surface area contributed by atoms with Crippen LogP contribution in [0.4, 0.5) is 0 Å². The van der Waals surface area contributed by atoms with Crippen LogP contribution in [0.15, 0.2) is 15.9 Å². The molecule has 0 spiro atoms. The van der Waals surface area contributed by atoms with Gasteiger partial charge in [-0.2, -0.15) is 0 Å². The van der Waals surface area contributed by atoms with Crippen molar-refractivity contribution < 1.29 is 9.59 Å². The van der Waals surface area contributed by atoms with Crippen molar-refractivity contribution >= 4 is 39.0 Å². The normalized spacial score (nSPS) is 10.0. The lowest BCUT2D eigenvalue weighted by Crippen LogP contribution is -2.28. The maximum atomic E-state index is 11.5. The number of amides is 1. The van der Waals surface area contributed by atoms with Crippen molar-refractivity contribution in [3.05, 3.63) is 20.8 Å². The predicted octanol–water partition coefficient (Wildman–Crippen LogP) is 2.61. The van der Waals surface area contributed by atoms with Gasteiger partial charge in [-0.25, -0.2) is 0 Å². The second-order valence-corrected chi connectivity index (χ2v) is 5.54. The first-order valence-electron chi connectivity index (χ1n) is 4.68. The first-order valence-corrected chi connectivity index (χ1v) is 6.29. The number of rotatable bonds is 5. The maximum absolute atomic E-state index is 11.5. The molecular weight excluding hydrogens is 278 g/mol. The van der Waals surface area contributed by atoms with Crippen molar-refractivity contribution in [3.63, 3.8) is 0 Å². The molecule has 0 saturated carbocycles. The number of ketones is 1. The summed E-state index contributed by atoms with van der Waals surface area (Å²) >= 11 is 4.63. The quantitative estimate of drug-likeness (QED) is 0.906. The summed E-state index contributed by atoms with van der Waals surface area (Å²) in [5.74, 6) is -0.114. The number of carbonyl (C=O) groups is 2. The van der Waals surface area contributed by atoms with Crippen LogP contribution in [-0.4, -0.2) is 18.2 Å². The molecule has 0 bridgehead atoms. The van der Waals surface area contributed by atoms with Crippen molar-refractivity contribution in [2.75, 3.05) is 6.54 Å². The highest BCUT2D eigenvalue weighted by Crippen LogP contribution is 2.21. The van der Waals surface area contributed by atoms with E-state index in [1.54, 1.807) is 6.07 Å². The third-order valence-electron chi connectivity index (χ3n) is 1.77. The van der Waals surface area contributed by atoms with Crippen molar-refractivity contribution in [3.8, 4) is 0 Å². The van der Waals surface area contributed by atoms with Gasteiger partial charge in [0, 0.05) is 6.42 Å². The van der Waals surface area contributed by atoms with Gasteiger partial charge in [-0.3, -0.25) is 9.59 Å². The molecule has 0 aliphatic rings. The fourth-order valence-corrected chi connectivity index (χ4v) is 2.37. The topological polar surface area (TPSA) is 46.2 Å². The van der Waals surface area contributed by atoms with Crippen LogP contribution in [0.5, 0.6) is 0 Å². The third-order valence-corrected chi connectivity index (χ3v) is 3.39. The lowest BCUT2D eigenvalue weighted by atomic mass is 10.2. The van der Waals surface area contributed by atoms with Crippen LogP contribution in [0, 0.1) is 0 Å². The summed E-state index contributed by atoms with van der Waals surface area (Å²) in [4.78, 5) is 23.3. The SMILES string of the molecule is CCCC(=O)CNC(=O)c1ccc(Br)s1. The zero-order valence-electron chi connectivity index (χ0n) is 8.38. The van der Waals surface area contributed by atoms with E-state index in [1.165, 1.54) is 11.3 Å². The van der Waals surface area contributed by atoms with Gasteiger partial charge in [0.1, 0.15) is 0 Å². The summed E-state index contributed by atoms with van der Waals surface area (Å²) in [6.45, 7) is 2.07. The molecule has 0 aliphatic carbocycles. The largest absolute Gasteiger partial charge is 0.344 e. The van der Waals surface area contributed by atoms with Gasteiger partial charge in [0.25, 0.3) is 5.91 Å². The number of hydrogen-bond donors (Lipinski definition) is 1. The maximum Gasteiger partial charge on any atom is 0.261 e. The lowest BCUT2D eigenvalue weighted by Gasteiger charge is -2.01. The van der Waals surface area contributed by atoms with Crippen LogP contribution < -0.4 is 5.32 Å². The first kappa shape index (κ1) is 12.4. The molecule has 0 fully saturated rings. The van der Waals surface area contributed by atoms with Crippen molar-refractivity contribution in [1.29, 1.82) is 0 Å². The van der Waals surface area contributed by atoms with Gasteiger partial charge in [-0.15, -0.1) is 11.3 Å². The Kier molecular flexibility index (Phi) is 4.98. The van der Waals surface area contributed by atoms with Crippen LogP contribution in [0.25, 0.3) is 0 Å². The summed E-state index contributed by atoms with van der Waals surface area (Å²) in [6, 6.07) is 3.54. The summed E-state index contributed by atoms with van der Waals surface area (Å²) in [7, 11) is 0. The van der Waals surface area contributed by atoms with Gasteiger partial charge in [0.15, 0.2) is 5.78 Å². The molecule has 15 heavy (non-hydrogen) atoms. The Bertz CT molecular complexity index is 362. The van der Waals surface area contributed by atoms with Gasteiger partial charge < -0.3 is 5.32 Å². The molecule has 1 amide bonds. The van der Waals surface area contributed by atoms with E-state index in [0.29, 0.717) is 11.3 Å². The minimum Gasteiger partial charge on any atom is -0.344 e. The van der Waals surface area contributed by atoms with Crippen molar-refractivity contribution in [2.45, 2.75) is 19.8 Å². The Balaban J connectivity index is 2.40. The second-order valence-electron chi connectivity index (χ2n) is 3.08. The highest BCUT2D eigenvalue weighted by molar-refractivity contribution is 9.11. The summed E-state index contributed by atoms with van der Waals surface area (Å²) < 4.78 is 0.910. The number of halogens is 1. The Morgan fingerprint density at radius 3 is 2.73 bits per heavy atom. The number of thiophene rings is 1. The molecule has 5 heteroatoms. The monoisotopic (exact) mass is 289 g/mol. The van der Waals surface area contributed by atoms with Crippen molar-refractivity contribution in [1.82, 2.24) is 5.32 Å². The summed E-state index contributed by atoms with van der Waals surface area (Å²) in [5.41, 5.74) is 0. The van der Waals surface area contributed by atoms with Gasteiger partial charge in [0.05, 0.1) is 15.2 Å². The zero-order valence-corrected chi connectivity index (χ0v) is 10.8.